The molecular formula is C25H28F3N5O2. The van der Waals surface area contributed by atoms with Crippen molar-refractivity contribution in [3.05, 3.63) is 42.2 Å². The lowest BCUT2D eigenvalue weighted by Gasteiger charge is -2.37. The highest BCUT2D eigenvalue weighted by molar-refractivity contribution is 5.92. The third kappa shape index (κ3) is 5.01. The van der Waals surface area contributed by atoms with E-state index >= 15 is 0 Å². The Balaban J connectivity index is 1.39. The Hall–Kier alpha value is -3.43. The quantitative estimate of drug-likeness (QED) is 0.495. The molecule has 1 saturated carbocycles. The van der Waals surface area contributed by atoms with E-state index in [0.29, 0.717) is 37.8 Å². The first-order valence-electron chi connectivity index (χ1n) is 11.6. The third-order valence-corrected chi connectivity index (χ3v) is 6.44. The zero-order valence-corrected chi connectivity index (χ0v) is 20.0. The first-order valence-corrected chi connectivity index (χ1v) is 11.6. The van der Waals surface area contributed by atoms with E-state index in [2.05, 4.69) is 37.6 Å². The second kappa shape index (κ2) is 8.98. The Morgan fingerprint density at radius 2 is 1.66 bits per heavy atom. The van der Waals surface area contributed by atoms with Crippen LogP contribution < -0.4 is 24.2 Å². The lowest BCUT2D eigenvalue weighted by atomic mass is 10.1. The minimum atomic E-state index is -4.75. The van der Waals surface area contributed by atoms with E-state index < -0.39 is 6.36 Å². The van der Waals surface area contributed by atoms with Gasteiger partial charge in [0.25, 0.3) is 0 Å². The fourth-order valence-corrected chi connectivity index (χ4v) is 4.44. The molecule has 5 rings (SSSR count). The molecule has 1 aliphatic heterocycles. The van der Waals surface area contributed by atoms with Gasteiger partial charge in [-0.15, -0.1) is 13.2 Å². The molecule has 0 radical (unpaired) electrons. The van der Waals surface area contributed by atoms with Crippen molar-refractivity contribution >= 4 is 28.1 Å². The average molecular weight is 488 g/mol. The summed E-state index contributed by atoms with van der Waals surface area (Å²) in [5.74, 6) is 2.35. The number of halogens is 3. The molecule has 35 heavy (non-hydrogen) atoms. The number of piperazine rings is 1. The number of hydrogen-bond acceptors (Lipinski definition) is 7. The number of fused-ring (bicyclic) bond motifs is 1. The van der Waals surface area contributed by atoms with Gasteiger partial charge in [-0.2, -0.15) is 0 Å². The van der Waals surface area contributed by atoms with E-state index in [0.717, 1.165) is 46.8 Å². The van der Waals surface area contributed by atoms with Crippen LogP contribution in [0.1, 0.15) is 24.6 Å². The van der Waals surface area contributed by atoms with E-state index in [1.54, 1.807) is 6.07 Å². The van der Waals surface area contributed by atoms with Gasteiger partial charge in [0.15, 0.2) is 0 Å². The summed E-state index contributed by atoms with van der Waals surface area (Å²) in [4.78, 5) is 16.3. The molecule has 0 spiro atoms. The van der Waals surface area contributed by atoms with Crippen LogP contribution in [-0.4, -0.2) is 63.7 Å². The molecule has 0 unspecified atom stereocenters. The van der Waals surface area contributed by atoms with Crippen molar-refractivity contribution < 1.29 is 22.6 Å². The molecule has 2 aliphatic rings. The van der Waals surface area contributed by atoms with E-state index in [1.165, 1.54) is 19.2 Å². The molecule has 2 fully saturated rings. The van der Waals surface area contributed by atoms with E-state index in [4.69, 9.17) is 14.7 Å². The van der Waals surface area contributed by atoms with Gasteiger partial charge in [-0.1, -0.05) is 0 Å². The number of alkyl halides is 3. The number of anilines is 3. The van der Waals surface area contributed by atoms with Crippen LogP contribution in [0.15, 0.2) is 36.4 Å². The van der Waals surface area contributed by atoms with Gasteiger partial charge in [-0.05, 0) is 43.2 Å². The Kier molecular flexibility index (Phi) is 5.98. The van der Waals surface area contributed by atoms with Gasteiger partial charge in [0.2, 0.25) is 0 Å². The van der Waals surface area contributed by atoms with Gasteiger partial charge < -0.3 is 24.2 Å². The van der Waals surface area contributed by atoms with Crippen LogP contribution in [-0.2, 0) is 0 Å². The van der Waals surface area contributed by atoms with Crippen LogP contribution in [0.2, 0.25) is 0 Å². The van der Waals surface area contributed by atoms with E-state index in [1.807, 2.05) is 14.1 Å². The molecule has 3 aromatic rings. The number of benzene rings is 2. The van der Waals surface area contributed by atoms with Crippen molar-refractivity contribution in [2.75, 3.05) is 62.1 Å². The fraction of sp³-hybridized carbons (Fsp3) is 0.440. The average Bonchev–Trinajstić information content (AvgIpc) is 3.68. The summed E-state index contributed by atoms with van der Waals surface area (Å²) in [5, 5.41) is 1.03. The molecule has 1 aliphatic carbocycles. The van der Waals surface area contributed by atoms with Crippen molar-refractivity contribution in [3.63, 3.8) is 0 Å². The minimum absolute atomic E-state index is 0.298. The molecule has 0 N–H and O–H groups in total. The molecule has 7 nitrogen and oxygen atoms in total. The summed E-state index contributed by atoms with van der Waals surface area (Å²) in [6.07, 6.45) is -2.49. The van der Waals surface area contributed by atoms with Crippen molar-refractivity contribution in [2.24, 2.45) is 0 Å². The molecule has 0 atom stereocenters. The summed E-state index contributed by atoms with van der Waals surface area (Å²) in [6.45, 7) is 2.78. The van der Waals surface area contributed by atoms with Crippen LogP contribution in [0.3, 0.4) is 0 Å². The summed E-state index contributed by atoms with van der Waals surface area (Å²) in [7, 11) is 5.47. The second-order valence-corrected chi connectivity index (χ2v) is 9.13. The molecule has 1 saturated heterocycles. The minimum Gasteiger partial charge on any atom is -0.494 e. The number of hydrogen-bond donors (Lipinski definition) is 0. The number of aromatic nitrogens is 2. The highest BCUT2D eigenvalue weighted by atomic mass is 19.4. The molecule has 10 heteroatoms. The zero-order valence-electron chi connectivity index (χ0n) is 20.0. The van der Waals surface area contributed by atoms with Crippen LogP contribution in [0, 0.1) is 0 Å². The topological polar surface area (TPSA) is 54.0 Å². The second-order valence-electron chi connectivity index (χ2n) is 9.13. The van der Waals surface area contributed by atoms with Crippen molar-refractivity contribution in [3.8, 4) is 11.5 Å². The molecular weight excluding hydrogens is 459 g/mol. The Morgan fingerprint density at radius 3 is 2.29 bits per heavy atom. The molecule has 2 aromatic carbocycles. The van der Waals surface area contributed by atoms with Crippen molar-refractivity contribution in [1.82, 2.24) is 9.97 Å². The van der Waals surface area contributed by atoms with Gasteiger partial charge in [-0.3, -0.25) is 0 Å². The van der Waals surface area contributed by atoms with Gasteiger partial charge >= 0.3 is 6.36 Å². The maximum absolute atomic E-state index is 12.6. The third-order valence-electron chi connectivity index (χ3n) is 6.44. The first-order chi connectivity index (χ1) is 16.7. The standard InChI is InChI=1S/C25H28F3N5O2/c1-31(2)17-6-8-20-19(14-17)24(30-23(29-20)16-4-5-16)33-12-10-32(11-13-33)21-9-7-18(15-22(21)34-3)35-25(26,27)28/h6-9,14-16H,4-5,10-13H2,1-3H3. The highest BCUT2D eigenvalue weighted by Gasteiger charge is 2.32. The van der Waals surface area contributed by atoms with Gasteiger partial charge in [-0.25, -0.2) is 9.97 Å². The van der Waals surface area contributed by atoms with Crippen molar-refractivity contribution in [2.45, 2.75) is 25.1 Å². The number of nitrogens with zero attached hydrogens (tertiary/aromatic N) is 5. The lowest BCUT2D eigenvalue weighted by molar-refractivity contribution is -0.274. The first kappa shape index (κ1) is 23.3. The number of ether oxygens (including phenoxy) is 2. The van der Waals surface area contributed by atoms with Crippen LogP contribution in [0.25, 0.3) is 10.9 Å². The Morgan fingerprint density at radius 1 is 0.943 bits per heavy atom. The van der Waals surface area contributed by atoms with Gasteiger partial charge in [0.1, 0.15) is 23.1 Å². The smallest absolute Gasteiger partial charge is 0.494 e. The lowest BCUT2D eigenvalue weighted by Crippen LogP contribution is -2.47. The van der Waals surface area contributed by atoms with Crippen LogP contribution in [0.4, 0.5) is 30.4 Å². The number of methoxy groups -OCH3 is 1. The van der Waals surface area contributed by atoms with Gasteiger partial charge in [0.05, 0.1) is 18.3 Å². The molecule has 1 aromatic heterocycles. The zero-order chi connectivity index (χ0) is 24.7. The van der Waals surface area contributed by atoms with E-state index in [-0.39, 0.29) is 5.75 Å². The molecule has 0 amide bonds. The van der Waals surface area contributed by atoms with E-state index in [9.17, 15) is 13.2 Å². The highest BCUT2D eigenvalue weighted by Crippen LogP contribution is 2.41. The summed E-state index contributed by atoms with van der Waals surface area (Å²) in [6, 6.07) is 10.5. The fourth-order valence-electron chi connectivity index (χ4n) is 4.44. The number of rotatable bonds is 6. The molecule has 186 valence electrons. The van der Waals surface area contributed by atoms with Crippen LogP contribution in [0.5, 0.6) is 11.5 Å². The Bertz CT molecular complexity index is 1220. The summed E-state index contributed by atoms with van der Waals surface area (Å²) in [5.41, 5.74) is 2.78. The largest absolute Gasteiger partial charge is 0.573 e. The monoisotopic (exact) mass is 487 g/mol. The predicted molar refractivity (Wildman–Crippen MR) is 130 cm³/mol. The maximum atomic E-state index is 12.6. The van der Waals surface area contributed by atoms with Gasteiger partial charge in [0, 0.05) is 63.3 Å². The molecule has 0 bridgehead atoms. The van der Waals surface area contributed by atoms with Crippen molar-refractivity contribution in [1.29, 1.82) is 0 Å². The maximum Gasteiger partial charge on any atom is 0.573 e. The summed E-state index contributed by atoms with van der Waals surface area (Å²) >= 11 is 0. The molecule has 2 heterocycles. The Labute approximate surface area is 202 Å². The predicted octanol–water partition coefficient (Wildman–Crippen LogP) is 4.81. The summed E-state index contributed by atoms with van der Waals surface area (Å²) < 4.78 is 47.2. The SMILES string of the molecule is COc1cc(OC(F)(F)F)ccc1N1CCN(c2nc(C3CC3)nc3ccc(N(C)C)cc23)CC1. The van der Waals surface area contributed by atoms with Crippen LogP contribution >= 0.6 is 0 Å². The normalized spacial score (nSPS) is 16.5.